The van der Waals surface area contributed by atoms with Gasteiger partial charge in [-0.2, -0.15) is 0 Å². The van der Waals surface area contributed by atoms with E-state index in [2.05, 4.69) is 6.92 Å². The Morgan fingerprint density at radius 2 is 2.00 bits per heavy atom. The van der Waals surface area contributed by atoms with E-state index in [-0.39, 0.29) is 11.8 Å². The van der Waals surface area contributed by atoms with E-state index >= 15 is 0 Å². The van der Waals surface area contributed by atoms with Crippen LogP contribution in [0, 0.1) is 5.21 Å². The Morgan fingerprint density at radius 3 is 2.58 bits per heavy atom. The first-order valence-electron chi connectivity index (χ1n) is 6.98. The minimum atomic E-state index is -0.232. The Balaban J connectivity index is 2.72. The monoisotopic (exact) mass is 261 g/mol. The molecule has 104 valence electrons. The Bertz CT molecular complexity index is 412. The van der Waals surface area contributed by atoms with Crippen LogP contribution in [0.3, 0.4) is 0 Å². The molecule has 19 heavy (non-hydrogen) atoms. The first kappa shape index (κ1) is 15.4. The number of carbonyl (C=O) groups is 1. The van der Waals surface area contributed by atoms with E-state index in [0.717, 1.165) is 36.0 Å². The van der Waals surface area contributed by atoms with Gasteiger partial charge in [0.15, 0.2) is 12.3 Å². The predicted octanol–water partition coefficient (Wildman–Crippen LogP) is 3.54. The smallest absolute Gasteiger partial charge is 0.182 e. The molecule has 0 radical (unpaired) electrons. The number of ketones is 1. The van der Waals surface area contributed by atoms with Crippen molar-refractivity contribution in [2.75, 3.05) is 0 Å². The van der Waals surface area contributed by atoms with Crippen LogP contribution in [0.15, 0.2) is 30.3 Å². The summed E-state index contributed by atoms with van der Waals surface area (Å²) in [6, 6.07) is 9.27. The summed E-state index contributed by atoms with van der Waals surface area (Å²) in [4.78, 5) is 11.3. The van der Waals surface area contributed by atoms with Crippen molar-refractivity contribution in [3.63, 3.8) is 0 Å². The molecule has 0 spiro atoms. The number of Topliss-reactive ketones (excluding diaryl/α,β-unsaturated/α-hetero) is 1. The Morgan fingerprint density at radius 1 is 1.32 bits per heavy atom. The molecule has 1 aromatic rings. The maximum absolute atomic E-state index is 12.2. The van der Waals surface area contributed by atoms with Crippen LogP contribution in [0.1, 0.15) is 51.5 Å². The molecular formula is C16H23NO2. The zero-order chi connectivity index (χ0) is 14.1. The molecule has 3 heteroatoms. The average Bonchev–Trinajstić information content (AvgIpc) is 2.38. The third-order valence-corrected chi connectivity index (χ3v) is 3.10. The topological polar surface area (TPSA) is 43.1 Å². The van der Waals surface area contributed by atoms with Crippen LogP contribution in [0.25, 0.3) is 0 Å². The minimum absolute atomic E-state index is 0.0730. The zero-order valence-corrected chi connectivity index (χ0v) is 11.8. The summed E-state index contributed by atoms with van der Waals surface area (Å²) in [5.74, 6) is 0.0730. The summed E-state index contributed by atoms with van der Waals surface area (Å²) >= 11 is 0. The molecule has 0 saturated carbocycles. The number of nitrogens with zero attached hydrogens (tertiary/aromatic N) is 1. The number of hydrogen-bond donors (Lipinski definition) is 0. The largest absolute Gasteiger partial charge is 0.624 e. The lowest BCUT2D eigenvalue weighted by atomic mass is 10.0. The Kier molecular flexibility index (Phi) is 6.86. The van der Waals surface area contributed by atoms with E-state index in [1.165, 1.54) is 0 Å². The molecular weight excluding hydrogens is 238 g/mol. The zero-order valence-electron chi connectivity index (χ0n) is 11.8. The Hall–Kier alpha value is -1.64. The average molecular weight is 261 g/mol. The molecule has 0 aliphatic carbocycles. The number of unbranched alkanes of at least 4 members (excludes halogenated alkanes) is 2. The van der Waals surface area contributed by atoms with E-state index in [1.54, 1.807) is 13.1 Å². The van der Waals surface area contributed by atoms with Crippen molar-refractivity contribution in [3.8, 4) is 0 Å². The van der Waals surface area contributed by atoms with E-state index in [0.29, 0.717) is 6.42 Å². The van der Waals surface area contributed by atoms with Gasteiger partial charge < -0.3 is 5.21 Å². The highest BCUT2D eigenvalue weighted by atomic mass is 16.5. The first-order valence-corrected chi connectivity index (χ1v) is 6.98. The van der Waals surface area contributed by atoms with E-state index in [9.17, 15) is 10.0 Å². The minimum Gasteiger partial charge on any atom is -0.624 e. The van der Waals surface area contributed by atoms with Crippen LogP contribution in [-0.2, 0) is 4.79 Å². The molecule has 0 amide bonds. The highest BCUT2D eigenvalue weighted by Crippen LogP contribution is 2.10. The number of carbonyl (C=O) groups excluding carboxylic acids is 1. The molecule has 1 atom stereocenters. The predicted molar refractivity (Wildman–Crippen MR) is 78.5 cm³/mol. The number of rotatable bonds is 8. The summed E-state index contributed by atoms with van der Waals surface area (Å²) in [5.41, 5.74) is 0.876. The quantitative estimate of drug-likeness (QED) is 0.236. The van der Waals surface area contributed by atoms with Gasteiger partial charge in [-0.15, -0.1) is 0 Å². The molecule has 1 rings (SSSR count). The summed E-state index contributed by atoms with van der Waals surface area (Å²) in [7, 11) is 0. The molecule has 3 nitrogen and oxygen atoms in total. The van der Waals surface area contributed by atoms with Crippen LogP contribution >= 0.6 is 0 Å². The van der Waals surface area contributed by atoms with Gasteiger partial charge in [-0.1, -0.05) is 38.0 Å². The van der Waals surface area contributed by atoms with Crippen molar-refractivity contribution >= 4 is 12.0 Å². The van der Waals surface area contributed by atoms with Gasteiger partial charge in [0.1, 0.15) is 5.78 Å². The molecule has 0 aromatic heterocycles. The van der Waals surface area contributed by atoms with Crippen molar-refractivity contribution in [2.24, 2.45) is 0 Å². The highest BCUT2D eigenvalue weighted by Gasteiger charge is 2.18. The van der Waals surface area contributed by atoms with Crippen LogP contribution in [0.4, 0.5) is 0 Å². The molecule has 0 unspecified atom stereocenters. The van der Waals surface area contributed by atoms with Crippen molar-refractivity contribution < 1.29 is 9.53 Å². The van der Waals surface area contributed by atoms with Crippen LogP contribution < -0.4 is 0 Å². The van der Waals surface area contributed by atoms with E-state index in [1.807, 2.05) is 30.3 Å². The second kappa shape index (κ2) is 8.46. The van der Waals surface area contributed by atoms with E-state index < -0.39 is 0 Å². The third kappa shape index (κ3) is 6.18. The summed E-state index contributed by atoms with van der Waals surface area (Å²) < 4.78 is 0.951. The van der Waals surface area contributed by atoms with Gasteiger partial charge in [0.2, 0.25) is 0 Å². The Labute approximate surface area is 115 Å². The summed E-state index contributed by atoms with van der Waals surface area (Å²) in [6.45, 7) is 3.67. The molecule has 0 bridgehead atoms. The fourth-order valence-corrected chi connectivity index (χ4v) is 2.07. The van der Waals surface area contributed by atoms with Gasteiger partial charge in [0.05, 0.1) is 6.42 Å². The lowest BCUT2D eigenvalue weighted by molar-refractivity contribution is -0.496. The number of hydrogen-bond acceptors (Lipinski definition) is 2. The number of benzene rings is 1. The fraction of sp³-hybridized carbons (Fsp3) is 0.500. The second-order valence-corrected chi connectivity index (χ2v) is 4.96. The van der Waals surface area contributed by atoms with Gasteiger partial charge in [-0.05, 0) is 25.5 Å². The number of hydroxylamine groups is 1. The molecule has 0 aliphatic heterocycles. The molecule has 0 heterocycles. The molecule has 1 aromatic carbocycles. The van der Waals surface area contributed by atoms with Crippen molar-refractivity contribution in [3.05, 3.63) is 41.1 Å². The highest BCUT2D eigenvalue weighted by molar-refractivity contribution is 5.77. The van der Waals surface area contributed by atoms with Crippen LogP contribution in [-0.4, -0.2) is 22.8 Å². The second-order valence-electron chi connectivity index (χ2n) is 4.96. The van der Waals surface area contributed by atoms with Gasteiger partial charge in [0.25, 0.3) is 0 Å². The molecule has 0 N–H and O–H groups in total. The van der Waals surface area contributed by atoms with E-state index in [4.69, 9.17) is 0 Å². The molecule has 0 saturated heterocycles. The maximum Gasteiger partial charge on any atom is 0.182 e. The summed E-state index contributed by atoms with van der Waals surface area (Å²) in [5, 5.41) is 12.2. The first-order chi connectivity index (χ1) is 9.13. The normalized spacial score (nSPS) is 13.3. The summed E-state index contributed by atoms with van der Waals surface area (Å²) in [6.07, 6.45) is 5.91. The maximum atomic E-state index is 12.2. The van der Waals surface area contributed by atoms with Gasteiger partial charge in [0, 0.05) is 12.0 Å². The van der Waals surface area contributed by atoms with Crippen LogP contribution in [0.2, 0.25) is 0 Å². The third-order valence-electron chi connectivity index (χ3n) is 3.10. The van der Waals surface area contributed by atoms with Gasteiger partial charge in [-0.3, -0.25) is 4.79 Å². The van der Waals surface area contributed by atoms with Crippen molar-refractivity contribution in [1.82, 2.24) is 0 Å². The molecule has 0 fully saturated rings. The van der Waals surface area contributed by atoms with Crippen molar-refractivity contribution in [1.29, 1.82) is 0 Å². The van der Waals surface area contributed by atoms with Gasteiger partial charge in [-0.25, -0.2) is 4.74 Å². The van der Waals surface area contributed by atoms with Crippen LogP contribution in [0.5, 0.6) is 0 Å². The standard InChI is InChI=1S/C16H23NO2/c1-3-4-6-11-16(12-14(2)18)17(19)13-15-9-7-5-8-10-15/h5,7-10,13,16H,3-4,6,11-12H2,1-2H3/b17-13-/t16-/m0/s1. The fourth-order valence-electron chi connectivity index (χ4n) is 2.07. The SMILES string of the molecule is CCCCC[C@@H](CC(C)=O)/[N+]([O-])=C/c1ccccc1. The molecule has 0 aliphatic rings. The van der Waals surface area contributed by atoms with Crippen molar-refractivity contribution in [2.45, 2.75) is 52.0 Å². The van der Waals surface area contributed by atoms with Gasteiger partial charge >= 0.3 is 0 Å². The lowest BCUT2D eigenvalue weighted by Crippen LogP contribution is -2.25. The lowest BCUT2D eigenvalue weighted by Gasteiger charge is -2.15.